The fourth-order valence-corrected chi connectivity index (χ4v) is 3.67. The van der Waals surface area contributed by atoms with E-state index in [2.05, 4.69) is 36.9 Å². The normalized spacial score (nSPS) is 17.5. The first-order chi connectivity index (χ1) is 11.9. The van der Waals surface area contributed by atoms with Gasteiger partial charge < -0.3 is 4.90 Å². The predicted octanol–water partition coefficient (Wildman–Crippen LogP) is 6.66. The van der Waals surface area contributed by atoms with Crippen LogP contribution in [0.1, 0.15) is 49.3 Å². The minimum atomic E-state index is -4.29. The topological polar surface area (TPSA) is 3.24 Å². The molecule has 0 unspecified atom stereocenters. The Bertz CT molecular complexity index is 719. The number of hydrogen-bond donors (Lipinski definition) is 0. The molecule has 0 saturated heterocycles. The first-order valence-corrected chi connectivity index (χ1v) is 8.96. The van der Waals surface area contributed by atoms with E-state index in [0.717, 1.165) is 43.5 Å². The summed E-state index contributed by atoms with van der Waals surface area (Å²) in [5, 5.41) is 0. The molecule has 2 aromatic carbocycles. The van der Waals surface area contributed by atoms with Gasteiger partial charge in [0.15, 0.2) is 0 Å². The van der Waals surface area contributed by atoms with E-state index in [-0.39, 0.29) is 0 Å². The number of rotatable bonds is 4. The fourth-order valence-electron chi connectivity index (χ4n) is 3.67. The summed E-state index contributed by atoms with van der Waals surface area (Å²) < 4.78 is 38.6. The highest BCUT2D eigenvalue weighted by Gasteiger charge is 2.31. The Morgan fingerprint density at radius 3 is 2.44 bits per heavy atom. The summed E-state index contributed by atoms with van der Waals surface area (Å²) in [6.45, 7) is 4.24. The SMILES string of the molecule is CCCC[C@H]1CCc2cc(C)ccc2N1c1ccc(C(F)(F)F)cc1. The molecule has 0 fully saturated rings. The van der Waals surface area contributed by atoms with E-state index in [1.165, 1.54) is 23.3 Å². The third-order valence-electron chi connectivity index (χ3n) is 4.97. The average Bonchev–Trinajstić information content (AvgIpc) is 2.58. The summed E-state index contributed by atoms with van der Waals surface area (Å²) in [7, 11) is 0. The van der Waals surface area contributed by atoms with Crippen LogP contribution in [0, 0.1) is 6.92 Å². The van der Waals surface area contributed by atoms with E-state index < -0.39 is 11.7 Å². The van der Waals surface area contributed by atoms with Crippen LogP contribution in [0.4, 0.5) is 24.5 Å². The molecule has 1 nitrogen and oxygen atoms in total. The lowest BCUT2D eigenvalue weighted by Gasteiger charge is -2.39. The van der Waals surface area contributed by atoms with Gasteiger partial charge in [0, 0.05) is 17.4 Å². The number of halogens is 3. The number of fused-ring (bicyclic) bond motifs is 1. The maximum absolute atomic E-state index is 12.9. The van der Waals surface area contributed by atoms with Crippen molar-refractivity contribution in [3.63, 3.8) is 0 Å². The minimum absolute atomic E-state index is 0.340. The molecule has 25 heavy (non-hydrogen) atoms. The van der Waals surface area contributed by atoms with E-state index in [9.17, 15) is 13.2 Å². The number of unbranched alkanes of at least 4 members (excludes halogenated alkanes) is 1. The smallest absolute Gasteiger partial charge is 0.338 e. The average molecular weight is 347 g/mol. The Kier molecular flexibility index (Phi) is 5.07. The molecule has 3 rings (SSSR count). The Balaban J connectivity index is 1.99. The molecule has 0 bridgehead atoms. The summed E-state index contributed by atoms with van der Waals surface area (Å²) in [4.78, 5) is 2.24. The van der Waals surface area contributed by atoms with Crippen LogP contribution >= 0.6 is 0 Å². The summed E-state index contributed by atoms with van der Waals surface area (Å²) in [6.07, 6.45) is 1.09. The number of nitrogens with zero attached hydrogens (tertiary/aromatic N) is 1. The van der Waals surface area contributed by atoms with Crippen LogP contribution in [0.3, 0.4) is 0 Å². The van der Waals surface area contributed by atoms with Crippen molar-refractivity contribution in [2.24, 2.45) is 0 Å². The number of anilines is 2. The van der Waals surface area contributed by atoms with Gasteiger partial charge in [0.25, 0.3) is 0 Å². The van der Waals surface area contributed by atoms with Crippen LogP contribution in [-0.4, -0.2) is 6.04 Å². The van der Waals surface area contributed by atoms with Crippen molar-refractivity contribution in [1.29, 1.82) is 0 Å². The maximum atomic E-state index is 12.9. The van der Waals surface area contributed by atoms with Crippen LogP contribution in [0.15, 0.2) is 42.5 Å². The molecule has 1 atom stereocenters. The monoisotopic (exact) mass is 347 g/mol. The van der Waals surface area contributed by atoms with Crippen LogP contribution < -0.4 is 4.90 Å². The standard InChI is InChI=1S/C21H24F3N/c1-3-4-5-18-10-7-16-14-15(2)6-13-20(16)25(18)19-11-8-17(9-12-19)21(22,23)24/h6,8-9,11-14,18H,3-5,7,10H2,1-2H3/t18-/m0/s1. The molecule has 0 amide bonds. The Morgan fingerprint density at radius 2 is 1.80 bits per heavy atom. The molecule has 0 N–H and O–H groups in total. The molecule has 2 aromatic rings. The second kappa shape index (κ2) is 7.11. The van der Waals surface area contributed by atoms with Gasteiger partial charge >= 0.3 is 6.18 Å². The summed E-state index contributed by atoms with van der Waals surface area (Å²) >= 11 is 0. The van der Waals surface area contributed by atoms with E-state index in [0.29, 0.717) is 6.04 Å². The fraction of sp³-hybridized carbons (Fsp3) is 0.429. The van der Waals surface area contributed by atoms with Crippen LogP contribution in [-0.2, 0) is 12.6 Å². The summed E-state index contributed by atoms with van der Waals surface area (Å²) in [5.74, 6) is 0. The zero-order chi connectivity index (χ0) is 18.0. The first-order valence-electron chi connectivity index (χ1n) is 8.96. The number of benzene rings is 2. The molecule has 0 aliphatic carbocycles. The molecule has 4 heteroatoms. The van der Waals surface area contributed by atoms with E-state index in [1.807, 2.05) is 0 Å². The van der Waals surface area contributed by atoms with Gasteiger partial charge in [-0.3, -0.25) is 0 Å². The van der Waals surface area contributed by atoms with Gasteiger partial charge in [-0.2, -0.15) is 13.2 Å². The van der Waals surface area contributed by atoms with Crippen LogP contribution in [0.2, 0.25) is 0 Å². The lowest BCUT2D eigenvalue weighted by atomic mass is 9.91. The molecule has 1 heterocycles. The highest BCUT2D eigenvalue weighted by atomic mass is 19.4. The number of alkyl halides is 3. The van der Waals surface area contributed by atoms with Crippen molar-refractivity contribution in [1.82, 2.24) is 0 Å². The molecule has 1 aliphatic rings. The van der Waals surface area contributed by atoms with Crippen molar-refractivity contribution in [2.45, 2.75) is 58.2 Å². The minimum Gasteiger partial charge on any atom is -0.338 e. The first kappa shape index (κ1) is 17.8. The lowest BCUT2D eigenvalue weighted by Crippen LogP contribution is -2.35. The van der Waals surface area contributed by atoms with Gasteiger partial charge in [-0.1, -0.05) is 37.5 Å². The molecule has 0 spiro atoms. The molecular weight excluding hydrogens is 323 g/mol. The van der Waals surface area contributed by atoms with Crippen LogP contribution in [0.5, 0.6) is 0 Å². The van der Waals surface area contributed by atoms with Gasteiger partial charge in [-0.25, -0.2) is 0 Å². The van der Waals surface area contributed by atoms with Gasteiger partial charge in [0.2, 0.25) is 0 Å². The zero-order valence-corrected chi connectivity index (χ0v) is 14.7. The second-order valence-electron chi connectivity index (χ2n) is 6.88. The molecular formula is C21H24F3N. The van der Waals surface area contributed by atoms with E-state index >= 15 is 0 Å². The van der Waals surface area contributed by atoms with E-state index in [1.54, 1.807) is 12.1 Å². The largest absolute Gasteiger partial charge is 0.416 e. The Labute approximate surface area is 147 Å². The highest BCUT2D eigenvalue weighted by Crippen LogP contribution is 2.40. The lowest BCUT2D eigenvalue weighted by molar-refractivity contribution is -0.137. The highest BCUT2D eigenvalue weighted by molar-refractivity contribution is 5.69. The third-order valence-corrected chi connectivity index (χ3v) is 4.97. The predicted molar refractivity (Wildman–Crippen MR) is 96.4 cm³/mol. The van der Waals surface area contributed by atoms with Gasteiger partial charge in [-0.05, 0) is 62.1 Å². The molecule has 0 saturated carbocycles. The van der Waals surface area contributed by atoms with Crippen molar-refractivity contribution in [3.05, 3.63) is 59.2 Å². The molecule has 0 radical (unpaired) electrons. The quantitative estimate of drug-likeness (QED) is 0.598. The zero-order valence-electron chi connectivity index (χ0n) is 14.7. The molecule has 1 aliphatic heterocycles. The van der Waals surface area contributed by atoms with Gasteiger partial charge in [0.1, 0.15) is 0 Å². The number of hydrogen-bond acceptors (Lipinski definition) is 1. The van der Waals surface area contributed by atoms with E-state index in [4.69, 9.17) is 0 Å². The van der Waals surface area contributed by atoms with Crippen LogP contribution in [0.25, 0.3) is 0 Å². The third kappa shape index (κ3) is 3.83. The molecule has 0 aromatic heterocycles. The van der Waals surface area contributed by atoms with Crippen molar-refractivity contribution in [3.8, 4) is 0 Å². The summed E-state index contributed by atoms with van der Waals surface area (Å²) in [5.41, 5.74) is 3.89. The summed E-state index contributed by atoms with van der Waals surface area (Å²) in [6, 6.07) is 12.3. The number of aryl methyl sites for hydroxylation is 2. The van der Waals surface area contributed by atoms with Crippen molar-refractivity contribution >= 4 is 11.4 Å². The Morgan fingerprint density at radius 1 is 1.08 bits per heavy atom. The van der Waals surface area contributed by atoms with Crippen molar-refractivity contribution < 1.29 is 13.2 Å². The maximum Gasteiger partial charge on any atom is 0.416 e. The van der Waals surface area contributed by atoms with Crippen molar-refractivity contribution in [2.75, 3.05) is 4.90 Å². The van der Waals surface area contributed by atoms with Gasteiger partial charge in [-0.15, -0.1) is 0 Å². The van der Waals surface area contributed by atoms with Gasteiger partial charge in [0.05, 0.1) is 5.56 Å². The Hall–Kier alpha value is -1.97. The molecule has 134 valence electrons. The second-order valence-corrected chi connectivity index (χ2v) is 6.88.